The molecule has 0 spiro atoms. The number of likely N-dealkylation sites (N-methyl/N-ethyl adjacent to an activating group) is 1. The van der Waals surface area contributed by atoms with Crippen molar-refractivity contribution >= 4 is 17.2 Å². The van der Waals surface area contributed by atoms with Gasteiger partial charge in [0, 0.05) is 43.6 Å². The summed E-state index contributed by atoms with van der Waals surface area (Å²) < 4.78 is 0. The lowest BCUT2D eigenvalue weighted by Gasteiger charge is -2.39. The Morgan fingerprint density at radius 3 is 2.54 bits per heavy atom. The smallest absolute Gasteiger partial charge is 0.261 e. The molecule has 1 aliphatic rings. The van der Waals surface area contributed by atoms with Crippen LogP contribution in [0.15, 0.2) is 6.07 Å². The number of carbonyl (C=O) groups excluding carboxylic acids is 1. The zero-order chi connectivity index (χ0) is 17.7. The second-order valence-corrected chi connectivity index (χ2v) is 8.56. The molecule has 1 atom stereocenters. The number of hydrogen-bond donors (Lipinski definition) is 1. The first-order chi connectivity index (χ1) is 11.4. The fourth-order valence-electron chi connectivity index (χ4n) is 3.37. The summed E-state index contributed by atoms with van der Waals surface area (Å²) in [6, 6.07) is 2.50. The van der Waals surface area contributed by atoms with E-state index < -0.39 is 0 Å². The molecule has 0 saturated carbocycles. The number of amides is 1. The van der Waals surface area contributed by atoms with Gasteiger partial charge < -0.3 is 10.2 Å². The molecule has 5 heteroatoms. The zero-order valence-corrected chi connectivity index (χ0v) is 16.7. The molecular formula is C19H33N3OS. The molecule has 0 unspecified atom stereocenters. The van der Waals surface area contributed by atoms with Gasteiger partial charge in [-0.05, 0) is 37.9 Å². The van der Waals surface area contributed by atoms with E-state index in [-0.39, 0.29) is 5.91 Å². The van der Waals surface area contributed by atoms with E-state index in [0.717, 1.165) is 50.4 Å². The van der Waals surface area contributed by atoms with Crippen molar-refractivity contribution in [2.75, 3.05) is 39.8 Å². The number of thiophene rings is 1. The molecule has 1 aromatic rings. The number of carbonyl (C=O) groups is 1. The van der Waals surface area contributed by atoms with Gasteiger partial charge in [-0.1, -0.05) is 27.2 Å². The molecule has 1 N–H and O–H groups in total. The van der Waals surface area contributed by atoms with Crippen molar-refractivity contribution in [3.8, 4) is 0 Å². The fraction of sp³-hybridized carbons (Fsp3) is 0.737. The minimum atomic E-state index is 0.0882. The lowest BCUT2D eigenvalue weighted by atomic mass is 10.0. The van der Waals surface area contributed by atoms with E-state index in [1.165, 1.54) is 10.4 Å². The molecule has 136 valence electrons. The second kappa shape index (κ2) is 8.97. The van der Waals surface area contributed by atoms with E-state index in [9.17, 15) is 4.79 Å². The Morgan fingerprint density at radius 1 is 1.29 bits per heavy atom. The van der Waals surface area contributed by atoms with Crippen LogP contribution in [-0.4, -0.2) is 61.5 Å². The monoisotopic (exact) mass is 351 g/mol. The molecule has 24 heavy (non-hydrogen) atoms. The maximum absolute atomic E-state index is 12.5. The van der Waals surface area contributed by atoms with Crippen LogP contribution in [-0.2, 0) is 6.42 Å². The maximum Gasteiger partial charge on any atom is 0.261 e. The van der Waals surface area contributed by atoms with E-state index >= 15 is 0 Å². The van der Waals surface area contributed by atoms with E-state index in [1.54, 1.807) is 11.3 Å². The van der Waals surface area contributed by atoms with Gasteiger partial charge in [-0.25, -0.2) is 0 Å². The van der Waals surface area contributed by atoms with Crippen molar-refractivity contribution in [1.29, 1.82) is 0 Å². The minimum absolute atomic E-state index is 0.0882. The van der Waals surface area contributed by atoms with Crippen LogP contribution in [0.25, 0.3) is 0 Å². The van der Waals surface area contributed by atoms with Gasteiger partial charge in [-0.15, -0.1) is 11.3 Å². The molecule has 1 aliphatic heterocycles. The van der Waals surface area contributed by atoms with E-state index in [4.69, 9.17) is 0 Å². The van der Waals surface area contributed by atoms with Gasteiger partial charge in [0.2, 0.25) is 0 Å². The molecule has 2 rings (SSSR count). The van der Waals surface area contributed by atoms with Gasteiger partial charge in [-0.2, -0.15) is 0 Å². The van der Waals surface area contributed by atoms with Crippen LogP contribution in [0.3, 0.4) is 0 Å². The lowest BCUT2D eigenvalue weighted by molar-refractivity contribution is 0.0793. The first-order valence-electron chi connectivity index (χ1n) is 9.22. The topological polar surface area (TPSA) is 35.6 Å². The van der Waals surface area contributed by atoms with Crippen molar-refractivity contribution in [1.82, 2.24) is 15.1 Å². The summed E-state index contributed by atoms with van der Waals surface area (Å²) >= 11 is 1.63. The van der Waals surface area contributed by atoms with Crippen molar-refractivity contribution in [2.45, 2.75) is 46.6 Å². The standard InChI is InChI=1S/C19H33N3OS/c1-6-7-16-12-18(24-15(16)4)19(23)20-13-17(14(2)3)22-10-8-21(5)9-11-22/h12,14,17H,6-11,13H2,1-5H3,(H,20,23)/t17-/m1/s1. The highest BCUT2D eigenvalue weighted by molar-refractivity contribution is 7.14. The first-order valence-corrected chi connectivity index (χ1v) is 10.0. The summed E-state index contributed by atoms with van der Waals surface area (Å²) in [6.45, 7) is 14.0. The summed E-state index contributed by atoms with van der Waals surface area (Å²) in [4.78, 5) is 19.6. The molecule has 1 fully saturated rings. The molecule has 4 nitrogen and oxygen atoms in total. The minimum Gasteiger partial charge on any atom is -0.350 e. The van der Waals surface area contributed by atoms with Crippen LogP contribution in [0.2, 0.25) is 0 Å². The van der Waals surface area contributed by atoms with Crippen LogP contribution in [0.4, 0.5) is 0 Å². The Kier molecular flexibility index (Phi) is 7.26. The Hall–Kier alpha value is -0.910. The summed E-state index contributed by atoms with van der Waals surface area (Å²) in [7, 11) is 2.18. The van der Waals surface area contributed by atoms with Crippen molar-refractivity contribution in [3.63, 3.8) is 0 Å². The van der Waals surface area contributed by atoms with Crippen LogP contribution in [0.5, 0.6) is 0 Å². The predicted octanol–water partition coefficient (Wildman–Crippen LogP) is 3.01. The molecule has 1 aromatic heterocycles. The largest absolute Gasteiger partial charge is 0.350 e. The van der Waals surface area contributed by atoms with Crippen LogP contribution in [0, 0.1) is 12.8 Å². The fourth-order valence-corrected chi connectivity index (χ4v) is 4.36. The SMILES string of the molecule is CCCc1cc(C(=O)NC[C@H](C(C)C)N2CCN(C)CC2)sc1C. The number of nitrogens with zero attached hydrogens (tertiary/aromatic N) is 2. The van der Waals surface area contributed by atoms with Crippen LogP contribution < -0.4 is 5.32 Å². The molecule has 1 amide bonds. The molecular weight excluding hydrogens is 318 g/mol. The van der Waals surface area contributed by atoms with Gasteiger partial charge in [0.25, 0.3) is 5.91 Å². The van der Waals surface area contributed by atoms with E-state index in [2.05, 4.69) is 55.9 Å². The maximum atomic E-state index is 12.5. The van der Waals surface area contributed by atoms with Crippen molar-refractivity contribution in [2.24, 2.45) is 5.92 Å². The number of hydrogen-bond acceptors (Lipinski definition) is 4. The number of rotatable bonds is 7. The third-order valence-electron chi connectivity index (χ3n) is 5.01. The number of nitrogens with one attached hydrogen (secondary N) is 1. The first kappa shape index (κ1) is 19.4. The highest BCUT2D eigenvalue weighted by atomic mass is 32.1. The molecule has 0 aliphatic carbocycles. The summed E-state index contributed by atoms with van der Waals surface area (Å²) in [6.07, 6.45) is 2.18. The molecule has 2 heterocycles. The zero-order valence-electron chi connectivity index (χ0n) is 15.9. The highest BCUT2D eigenvalue weighted by Crippen LogP contribution is 2.23. The lowest BCUT2D eigenvalue weighted by Crippen LogP contribution is -2.54. The Bertz CT molecular complexity index is 533. The van der Waals surface area contributed by atoms with Gasteiger partial charge >= 0.3 is 0 Å². The van der Waals surface area contributed by atoms with Crippen molar-refractivity contribution in [3.05, 3.63) is 21.4 Å². The second-order valence-electron chi connectivity index (χ2n) is 7.30. The summed E-state index contributed by atoms with van der Waals surface area (Å²) in [5.41, 5.74) is 1.33. The van der Waals surface area contributed by atoms with Gasteiger partial charge in [0.15, 0.2) is 0 Å². The third kappa shape index (κ3) is 5.04. The van der Waals surface area contributed by atoms with E-state index in [0.29, 0.717) is 12.0 Å². The van der Waals surface area contributed by atoms with Crippen LogP contribution in [0.1, 0.15) is 47.3 Å². The number of aryl methyl sites for hydroxylation is 2. The van der Waals surface area contributed by atoms with Gasteiger partial charge in [-0.3, -0.25) is 9.69 Å². The van der Waals surface area contributed by atoms with Crippen molar-refractivity contribution < 1.29 is 4.79 Å². The number of piperazine rings is 1. The van der Waals surface area contributed by atoms with Crippen LogP contribution >= 0.6 is 11.3 Å². The Morgan fingerprint density at radius 2 is 1.96 bits per heavy atom. The van der Waals surface area contributed by atoms with Gasteiger partial charge in [0.05, 0.1) is 4.88 Å². The molecule has 0 aromatic carbocycles. The summed E-state index contributed by atoms with van der Waals surface area (Å²) in [5.74, 6) is 0.625. The normalized spacial score (nSPS) is 18.1. The predicted molar refractivity (Wildman–Crippen MR) is 103 cm³/mol. The average Bonchev–Trinajstić information content (AvgIpc) is 2.90. The highest BCUT2D eigenvalue weighted by Gasteiger charge is 2.25. The quantitative estimate of drug-likeness (QED) is 0.820. The average molecular weight is 352 g/mol. The molecule has 0 bridgehead atoms. The summed E-state index contributed by atoms with van der Waals surface area (Å²) in [5, 5.41) is 3.19. The Balaban J connectivity index is 1.93. The molecule has 1 saturated heterocycles. The Labute approximate surface area is 151 Å². The third-order valence-corrected chi connectivity index (χ3v) is 6.10. The van der Waals surface area contributed by atoms with E-state index in [1.807, 2.05) is 0 Å². The van der Waals surface area contributed by atoms with Gasteiger partial charge in [0.1, 0.15) is 0 Å². The molecule has 0 radical (unpaired) electrons.